The van der Waals surface area contributed by atoms with E-state index in [1.165, 1.54) is 18.2 Å². The zero-order chi connectivity index (χ0) is 21.4. The van der Waals surface area contributed by atoms with Gasteiger partial charge >= 0.3 is 0 Å². The summed E-state index contributed by atoms with van der Waals surface area (Å²) in [5.74, 6) is -0.0678. The Morgan fingerprint density at radius 2 is 1.97 bits per heavy atom. The number of hydrogen-bond donors (Lipinski definition) is 0. The first-order valence-corrected chi connectivity index (χ1v) is 9.33. The minimum atomic E-state index is -0.493. The van der Waals surface area contributed by atoms with Gasteiger partial charge in [-0.3, -0.25) is 14.9 Å². The van der Waals surface area contributed by atoms with E-state index in [2.05, 4.69) is 5.16 Å². The molecule has 0 radical (unpaired) electrons. The number of benzene rings is 2. The number of nitrogens with zero attached hydrogens (tertiary/aromatic N) is 4. The number of halogens is 1. The predicted molar refractivity (Wildman–Crippen MR) is 108 cm³/mol. The third kappa shape index (κ3) is 3.49. The SMILES string of the molecule is CN(C)c1ccc(C(=O)N2CCc3c(noc3-c3ccc(F)cc3)C2)cc1[N+](=O)[O-]. The van der Waals surface area contributed by atoms with Crippen molar-refractivity contribution in [1.82, 2.24) is 10.1 Å². The molecule has 0 saturated carbocycles. The molecule has 1 aliphatic rings. The van der Waals surface area contributed by atoms with Crippen molar-refractivity contribution in [1.29, 1.82) is 0 Å². The fourth-order valence-electron chi connectivity index (χ4n) is 3.60. The summed E-state index contributed by atoms with van der Waals surface area (Å²) < 4.78 is 18.6. The van der Waals surface area contributed by atoms with E-state index in [0.29, 0.717) is 30.1 Å². The van der Waals surface area contributed by atoms with E-state index in [9.17, 15) is 19.3 Å². The summed E-state index contributed by atoms with van der Waals surface area (Å²) in [6.07, 6.45) is 0.523. The van der Waals surface area contributed by atoms with Crippen LogP contribution in [0.5, 0.6) is 0 Å². The maximum Gasteiger partial charge on any atom is 0.293 e. The number of hydrogen-bond acceptors (Lipinski definition) is 6. The number of nitro benzene ring substituents is 1. The number of carbonyl (C=O) groups excluding carboxylic acids is 1. The molecule has 0 saturated heterocycles. The normalized spacial score (nSPS) is 13.1. The highest BCUT2D eigenvalue weighted by Crippen LogP contribution is 2.32. The van der Waals surface area contributed by atoms with Gasteiger partial charge in [-0.1, -0.05) is 5.16 Å². The van der Waals surface area contributed by atoms with Gasteiger partial charge in [0.25, 0.3) is 11.6 Å². The Kier molecular flexibility index (Phi) is 4.94. The van der Waals surface area contributed by atoms with Crippen molar-refractivity contribution >= 4 is 17.3 Å². The zero-order valence-electron chi connectivity index (χ0n) is 16.5. The molecule has 2 aromatic carbocycles. The average molecular weight is 410 g/mol. The molecule has 0 fully saturated rings. The Morgan fingerprint density at radius 3 is 2.63 bits per heavy atom. The fraction of sp³-hybridized carbons (Fsp3) is 0.238. The van der Waals surface area contributed by atoms with E-state index >= 15 is 0 Å². The molecule has 9 heteroatoms. The van der Waals surface area contributed by atoms with E-state index in [1.54, 1.807) is 48.2 Å². The minimum absolute atomic E-state index is 0.122. The highest BCUT2D eigenvalue weighted by molar-refractivity contribution is 5.96. The number of aromatic nitrogens is 1. The average Bonchev–Trinajstić information content (AvgIpc) is 3.16. The van der Waals surface area contributed by atoms with Crippen molar-refractivity contribution < 1.29 is 18.6 Å². The minimum Gasteiger partial charge on any atom is -0.372 e. The molecule has 0 atom stereocenters. The first kappa shape index (κ1) is 19.6. The van der Waals surface area contributed by atoms with Crippen molar-refractivity contribution in [2.24, 2.45) is 0 Å². The number of carbonyl (C=O) groups is 1. The Hall–Kier alpha value is -3.75. The predicted octanol–water partition coefficient (Wildman–Crippen LogP) is 3.65. The van der Waals surface area contributed by atoms with Gasteiger partial charge in [-0.15, -0.1) is 0 Å². The van der Waals surface area contributed by atoms with Gasteiger partial charge in [0.2, 0.25) is 0 Å². The largest absolute Gasteiger partial charge is 0.372 e. The van der Waals surface area contributed by atoms with Gasteiger partial charge in [-0.05, 0) is 42.8 Å². The monoisotopic (exact) mass is 410 g/mol. The van der Waals surface area contributed by atoms with Crippen LogP contribution in [0.3, 0.4) is 0 Å². The van der Waals surface area contributed by atoms with Gasteiger partial charge in [0.05, 0.1) is 11.5 Å². The van der Waals surface area contributed by atoms with Crippen LogP contribution in [0.4, 0.5) is 15.8 Å². The molecule has 4 rings (SSSR count). The lowest BCUT2D eigenvalue weighted by Crippen LogP contribution is -2.36. The van der Waals surface area contributed by atoms with E-state index in [4.69, 9.17) is 4.52 Å². The Bertz CT molecular complexity index is 1120. The van der Waals surface area contributed by atoms with Gasteiger partial charge in [0.1, 0.15) is 17.2 Å². The number of nitro groups is 1. The molecule has 8 nitrogen and oxygen atoms in total. The Balaban J connectivity index is 1.58. The summed E-state index contributed by atoms with van der Waals surface area (Å²) in [5, 5.41) is 15.5. The van der Waals surface area contributed by atoms with Crippen LogP contribution in [0.1, 0.15) is 21.6 Å². The number of amides is 1. The number of anilines is 1. The first-order chi connectivity index (χ1) is 14.3. The molecule has 0 aliphatic carbocycles. The van der Waals surface area contributed by atoms with Crippen molar-refractivity contribution in [3.05, 3.63) is 75.2 Å². The quantitative estimate of drug-likeness (QED) is 0.481. The standard InChI is InChI=1S/C21H19FN4O4/c1-24(2)18-8-5-14(11-19(18)26(28)29)21(27)25-10-9-16-17(12-25)23-30-20(16)13-3-6-15(22)7-4-13/h3-8,11H,9-10,12H2,1-2H3. The molecule has 0 bridgehead atoms. The van der Waals surface area contributed by atoms with Crippen LogP contribution < -0.4 is 4.90 Å². The summed E-state index contributed by atoms with van der Waals surface area (Å²) in [7, 11) is 3.42. The summed E-state index contributed by atoms with van der Waals surface area (Å²) in [5.41, 5.74) is 2.80. The van der Waals surface area contributed by atoms with Crippen molar-refractivity contribution in [2.45, 2.75) is 13.0 Å². The Labute approximate surface area is 171 Å². The molecular formula is C21H19FN4O4. The van der Waals surface area contributed by atoms with Crippen molar-refractivity contribution in [3.8, 4) is 11.3 Å². The molecule has 1 aromatic heterocycles. The second-order valence-corrected chi connectivity index (χ2v) is 7.28. The van der Waals surface area contributed by atoms with Crippen LogP contribution in [0.2, 0.25) is 0 Å². The molecule has 3 aromatic rings. The molecule has 1 amide bonds. The van der Waals surface area contributed by atoms with E-state index in [0.717, 1.165) is 11.1 Å². The van der Waals surface area contributed by atoms with Crippen LogP contribution >= 0.6 is 0 Å². The second-order valence-electron chi connectivity index (χ2n) is 7.28. The lowest BCUT2D eigenvalue weighted by molar-refractivity contribution is -0.384. The summed E-state index contributed by atoms with van der Waals surface area (Å²) >= 11 is 0. The third-order valence-corrected chi connectivity index (χ3v) is 5.14. The van der Waals surface area contributed by atoms with Crippen LogP contribution in [-0.4, -0.2) is 41.5 Å². The van der Waals surface area contributed by atoms with Crippen molar-refractivity contribution in [3.63, 3.8) is 0 Å². The molecule has 154 valence electrons. The topological polar surface area (TPSA) is 92.7 Å². The van der Waals surface area contributed by atoms with Crippen LogP contribution in [0.15, 0.2) is 47.0 Å². The maximum atomic E-state index is 13.2. The third-order valence-electron chi connectivity index (χ3n) is 5.14. The fourth-order valence-corrected chi connectivity index (χ4v) is 3.60. The molecule has 30 heavy (non-hydrogen) atoms. The molecule has 2 heterocycles. The second kappa shape index (κ2) is 7.58. The summed E-state index contributed by atoms with van der Waals surface area (Å²) in [6, 6.07) is 10.4. The maximum absolute atomic E-state index is 13.2. The van der Waals surface area contributed by atoms with Gasteiger partial charge < -0.3 is 14.3 Å². The number of rotatable bonds is 4. The molecule has 0 spiro atoms. The van der Waals surface area contributed by atoms with Crippen LogP contribution in [0.25, 0.3) is 11.3 Å². The summed E-state index contributed by atoms with van der Waals surface area (Å²) in [6.45, 7) is 0.659. The smallest absolute Gasteiger partial charge is 0.293 e. The van der Waals surface area contributed by atoms with Crippen LogP contribution in [-0.2, 0) is 13.0 Å². The van der Waals surface area contributed by atoms with Gasteiger partial charge in [-0.2, -0.15) is 0 Å². The lowest BCUT2D eigenvalue weighted by Gasteiger charge is -2.26. The highest BCUT2D eigenvalue weighted by Gasteiger charge is 2.29. The molecular weight excluding hydrogens is 391 g/mol. The molecule has 1 aliphatic heterocycles. The van der Waals surface area contributed by atoms with Crippen LogP contribution in [0, 0.1) is 15.9 Å². The van der Waals surface area contributed by atoms with E-state index in [1.807, 2.05) is 0 Å². The molecule has 0 unspecified atom stereocenters. The lowest BCUT2D eigenvalue weighted by atomic mass is 10.00. The molecule has 0 N–H and O–H groups in total. The van der Waals surface area contributed by atoms with E-state index in [-0.39, 0.29) is 29.5 Å². The highest BCUT2D eigenvalue weighted by atomic mass is 19.1. The number of fused-ring (bicyclic) bond motifs is 1. The Morgan fingerprint density at radius 1 is 1.23 bits per heavy atom. The van der Waals surface area contributed by atoms with Gasteiger partial charge in [0, 0.05) is 43.4 Å². The van der Waals surface area contributed by atoms with Gasteiger partial charge in [-0.25, -0.2) is 4.39 Å². The first-order valence-electron chi connectivity index (χ1n) is 9.33. The van der Waals surface area contributed by atoms with Crippen molar-refractivity contribution in [2.75, 3.05) is 25.5 Å². The van der Waals surface area contributed by atoms with E-state index < -0.39 is 4.92 Å². The van der Waals surface area contributed by atoms with Gasteiger partial charge in [0.15, 0.2) is 5.76 Å². The summed E-state index contributed by atoms with van der Waals surface area (Å²) in [4.78, 5) is 27.1. The zero-order valence-corrected chi connectivity index (χ0v) is 16.5.